The number of allylic oxidation sites excluding steroid dienone is 4. The van der Waals surface area contributed by atoms with Crippen LogP contribution in [0.4, 0.5) is 0 Å². The van der Waals surface area contributed by atoms with Crippen molar-refractivity contribution in [2.24, 2.45) is 0 Å². The Balaban J connectivity index is 2.29. The van der Waals surface area contributed by atoms with Gasteiger partial charge < -0.3 is 9.84 Å². The van der Waals surface area contributed by atoms with E-state index in [0.29, 0.717) is 22.5 Å². The van der Waals surface area contributed by atoms with E-state index in [1.807, 2.05) is 26.8 Å². The second-order valence-corrected chi connectivity index (χ2v) is 6.98. The predicted molar refractivity (Wildman–Crippen MR) is 105 cm³/mol. The number of hydroxylamine groups is 1. The quantitative estimate of drug-likeness (QED) is 0.303. The van der Waals surface area contributed by atoms with Crippen molar-refractivity contribution >= 4 is 25.4 Å². The topological polar surface area (TPSA) is 78.8 Å². The molecule has 0 aromatic heterocycles. The Bertz CT molecular complexity index is 880. The molecule has 0 bridgehead atoms. The maximum atomic E-state index is 11.1. The maximum absolute atomic E-state index is 11.1. The second kappa shape index (κ2) is 9.00. The van der Waals surface area contributed by atoms with Crippen molar-refractivity contribution in [2.45, 2.75) is 33.1 Å². The molecule has 1 aliphatic rings. The average Bonchev–Trinajstić information content (AvgIpc) is 2.74. The number of aryl methyl sites for hydroxylation is 1. The van der Waals surface area contributed by atoms with E-state index < -0.39 is 5.91 Å². The maximum Gasteiger partial charge on any atom is 0.281 e. The molecule has 0 unspecified atom stereocenters. The number of phenolic OH excluding ortho intramolecular Hbond substituents is 1. The monoisotopic (exact) mass is 385 g/mol. The molecule has 5 nitrogen and oxygen atoms in total. The first-order valence-electron chi connectivity index (χ1n) is 8.44. The van der Waals surface area contributed by atoms with Gasteiger partial charge in [-0.25, -0.2) is 5.48 Å². The Labute approximate surface area is 165 Å². The summed E-state index contributed by atoms with van der Waals surface area (Å²) in [7, 11) is 6.14. The number of ether oxygens (including phenoxy) is 1. The summed E-state index contributed by atoms with van der Waals surface area (Å²) in [6, 6.07) is 3.71. The Kier molecular flexibility index (Phi) is 6.97. The van der Waals surface area contributed by atoms with Gasteiger partial charge in [0.2, 0.25) is 0 Å². The van der Waals surface area contributed by atoms with E-state index in [4.69, 9.17) is 29.4 Å². The van der Waals surface area contributed by atoms with E-state index in [1.165, 1.54) is 17.6 Å². The van der Waals surface area contributed by atoms with E-state index in [9.17, 15) is 9.90 Å². The standard InChI is InChI=1S/C20H21BClNO4/c1-11(2)15-7-13(12(3)6-19(15)24)8-16-17(21)5-4-14(9-18(16)22)27-10-20(25)23-26/h5-7,9,11,24,26H,8,10H2,1-3H3,(H,23,25). The van der Waals surface area contributed by atoms with E-state index >= 15 is 0 Å². The van der Waals surface area contributed by atoms with Gasteiger partial charge in [-0.15, -0.1) is 0 Å². The second-order valence-electron chi connectivity index (χ2n) is 6.57. The van der Waals surface area contributed by atoms with Gasteiger partial charge in [-0.3, -0.25) is 10.0 Å². The normalized spacial score (nSPS) is 14.0. The summed E-state index contributed by atoms with van der Waals surface area (Å²) in [5.74, 6) is -0.0165. The fourth-order valence-electron chi connectivity index (χ4n) is 2.66. The van der Waals surface area contributed by atoms with Crippen molar-refractivity contribution < 1.29 is 19.8 Å². The highest BCUT2D eigenvalue weighted by molar-refractivity contribution is 6.34. The van der Waals surface area contributed by atoms with Gasteiger partial charge in [0.05, 0.1) is 0 Å². The van der Waals surface area contributed by atoms with Crippen LogP contribution < -0.4 is 5.48 Å². The zero-order valence-electron chi connectivity index (χ0n) is 15.5. The SMILES string of the molecule is [B]C1=C(Cc2cc(C(C)C)c(O)cc2C)C(Cl)=CC(OCC(=O)NO)=C=C1. The molecule has 2 rings (SSSR count). The van der Waals surface area contributed by atoms with Crippen molar-refractivity contribution in [3.05, 3.63) is 68.5 Å². The molecule has 7 heteroatoms. The fourth-order valence-corrected chi connectivity index (χ4v) is 2.94. The molecule has 1 aliphatic carbocycles. The largest absolute Gasteiger partial charge is 0.508 e. The Morgan fingerprint density at radius 2 is 2.11 bits per heavy atom. The van der Waals surface area contributed by atoms with Gasteiger partial charge in [0.15, 0.2) is 12.4 Å². The molecule has 0 spiro atoms. The van der Waals surface area contributed by atoms with E-state index in [-0.39, 0.29) is 24.0 Å². The number of carbonyl (C=O) groups is 1. The van der Waals surface area contributed by atoms with Gasteiger partial charge in [0, 0.05) is 11.1 Å². The minimum absolute atomic E-state index is 0.176. The summed E-state index contributed by atoms with van der Waals surface area (Å²) in [6.45, 7) is 5.57. The molecular formula is C20H21BClNO4. The smallest absolute Gasteiger partial charge is 0.281 e. The summed E-state index contributed by atoms with van der Waals surface area (Å²) in [4.78, 5) is 11.1. The summed E-state index contributed by atoms with van der Waals surface area (Å²) in [6.07, 6.45) is 3.53. The molecule has 2 radical (unpaired) electrons. The molecule has 1 amide bonds. The minimum Gasteiger partial charge on any atom is -0.508 e. The molecule has 1 aromatic rings. The Morgan fingerprint density at radius 1 is 1.41 bits per heavy atom. The van der Waals surface area contributed by atoms with Crippen LogP contribution in [0.2, 0.25) is 0 Å². The van der Waals surface area contributed by atoms with Crippen LogP contribution in [-0.2, 0) is 16.0 Å². The Morgan fingerprint density at radius 3 is 2.74 bits per heavy atom. The molecule has 3 N–H and O–H groups in total. The predicted octanol–water partition coefficient (Wildman–Crippen LogP) is 3.49. The number of amides is 1. The molecule has 1 aromatic carbocycles. The summed E-state index contributed by atoms with van der Waals surface area (Å²) >= 11 is 6.42. The van der Waals surface area contributed by atoms with Crippen LogP contribution in [0.15, 0.2) is 51.9 Å². The van der Waals surface area contributed by atoms with Gasteiger partial charge in [-0.05, 0) is 53.7 Å². The number of rotatable bonds is 6. The summed E-state index contributed by atoms with van der Waals surface area (Å²) in [5.41, 5.74) is 8.23. The number of hydrogen-bond donors (Lipinski definition) is 3. The van der Waals surface area contributed by atoms with Gasteiger partial charge >= 0.3 is 0 Å². The third-order valence-electron chi connectivity index (χ3n) is 4.22. The number of nitrogens with one attached hydrogen (secondary N) is 1. The summed E-state index contributed by atoms with van der Waals surface area (Å²) in [5, 5.41) is 19.0. The highest BCUT2D eigenvalue weighted by Gasteiger charge is 2.15. The molecule has 0 fully saturated rings. The molecule has 27 heavy (non-hydrogen) atoms. The lowest BCUT2D eigenvalue weighted by Crippen LogP contribution is -2.23. The van der Waals surface area contributed by atoms with Gasteiger partial charge in [-0.1, -0.05) is 42.7 Å². The van der Waals surface area contributed by atoms with Gasteiger partial charge in [-0.2, -0.15) is 0 Å². The van der Waals surface area contributed by atoms with Crippen molar-refractivity contribution in [2.75, 3.05) is 6.61 Å². The molecule has 0 saturated carbocycles. The highest BCUT2D eigenvalue weighted by atomic mass is 35.5. The number of phenols is 1. The number of carbonyl (C=O) groups excluding carboxylic acids is 1. The average molecular weight is 386 g/mol. The lowest BCUT2D eigenvalue weighted by molar-refractivity contribution is -0.132. The van der Waals surface area contributed by atoms with Crippen molar-refractivity contribution in [3.8, 4) is 5.75 Å². The molecule has 0 atom stereocenters. The zero-order valence-corrected chi connectivity index (χ0v) is 16.2. The van der Waals surface area contributed by atoms with Crippen LogP contribution in [-0.4, -0.2) is 30.7 Å². The van der Waals surface area contributed by atoms with Crippen LogP contribution in [0.3, 0.4) is 0 Å². The first kappa shape index (κ1) is 20.9. The first-order chi connectivity index (χ1) is 12.7. The molecule has 0 saturated heterocycles. The lowest BCUT2D eigenvalue weighted by Gasteiger charge is -2.16. The number of hydrogen-bond acceptors (Lipinski definition) is 4. The molecule has 140 valence electrons. The summed E-state index contributed by atoms with van der Waals surface area (Å²) < 4.78 is 5.25. The highest BCUT2D eigenvalue weighted by Crippen LogP contribution is 2.32. The number of halogens is 1. The van der Waals surface area contributed by atoms with Crippen LogP contribution in [0.5, 0.6) is 5.75 Å². The van der Waals surface area contributed by atoms with E-state index in [2.05, 4.69) is 5.73 Å². The Hall–Kier alpha value is -2.40. The van der Waals surface area contributed by atoms with Gasteiger partial charge in [0.25, 0.3) is 5.91 Å². The van der Waals surface area contributed by atoms with Crippen molar-refractivity contribution in [1.82, 2.24) is 5.48 Å². The van der Waals surface area contributed by atoms with E-state index in [1.54, 1.807) is 6.07 Å². The van der Waals surface area contributed by atoms with Crippen molar-refractivity contribution in [3.63, 3.8) is 0 Å². The zero-order chi connectivity index (χ0) is 20.1. The molecule has 0 aliphatic heterocycles. The third-order valence-corrected chi connectivity index (χ3v) is 4.56. The molecule has 0 heterocycles. The number of aromatic hydroxyl groups is 1. The van der Waals surface area contributed by atoms with Crippen molar-refractivity contribution in [1.29, 1.82) is 0 Å². The minimum atomic E-state index is -0.694. The third kappa shape index (κ3) is 5.30. The molecular weight excluding hydrogens is 364 g/mol. The number of benzene rings is 1. The van der Waals surface area contributed by atoms with Crippen LogP contribution in [0.25, 0.3) is 0 Å². The lowest BCUT2D eigenvalue weighted by atomic mass is 9.85. The van der Waals surface area contributed by atoms with Gasteiger partial charge in [0.1, 0.15) is 13.6 Å². The van der Waals surface area contributed by atoms with Crippen LogP contribution in [0.1, 0.15) is 36.5 Å². The van der Waals surface area contributed by atoms with Crippen LogP contribution in [0, 0.1) is 6.92 Å². The first-order valence-corrected chi connectivity index (χ1v) is 8.81. The fraction of sp³-hybridized carbons (Fsp3) is 0.300. The van der Waals surface area contributed by atoms with Crippen LogP contribution >= 0.6 is 11.6 Å². The van der Waals surface area contributed by atoms with E-state index in [0.717, 1.165) is 16.7 Å².